The Morgan fingerprint density at radius 2 is 1.74 bits per heavy atom. The highest BCUT2D eigenvalue weighted by Crippen LogP contribution is 2.30. The zero-order valence-corrected chi connectivity index (χ0v) is 13.1. The first kappa shape index (κ1) is 15.4. The maximum absolute atomic E-state index is 14.4. The largest absolute Gasteiger partial charge is 0.489 e. The van der Waals surface area contributed by atoms with Crippen LogP contribution in [0.3, 0.4) is 0 Å². The molecule has 3 aromatic rings. The molecule has 0 fully saturated rings. The topological polar surface area (TPSA) is 35.2 Å². The minimum atomic E-state index is -0.378. The lowest BCUT2D eigenvalue weighted by Gasteiger charge is -2.10. The van der Waals surface area contributed by atoms with Crippen LogP contribution in [0.1, 0.15) is 5.56 Å². The molecule has 3 rings (SSSR count). The third-order valence-corrected chi connectivity index (χ3v) is 3.64. The lowest BCUT2D eigenvalue weighted by molar-refractivity contribution is 0.304. The second kappa shape index (κ2) is 6.71. The number of ether oxygens (including phenoxy) is 1. The fraction of sp³-hybridized carbons (Fsp3) is 0.0526. The fourth-order valence-electron chi connectivity index (χ4n) is 2.33. The highest BCUT2D eigenvalue weighted by atomic mass is 35.5. The van der Waals surface area contributed by atoms with E-state index < -0.39 is 0 Å². The molecular formula is C19H15ClFNO. The van der Waals surface area contributed by atoms with Crippen LogP contribution in [0, 0.1) is 5.82 Å². The minimum absolute atomic E-state index is 0.378. The van der Waals surface area contributed by atoms with Crippen molar-refractivity contribution in [3.8, 4) is 16.9 Å². The molecule has 0 spiro atoms. The first-order valence-electron chi connectivity index (χ1n) is 7.14. The van der Waals surface area contributed by atoms with Crippen LogP contribution in [0.4, 0.5) is 10.1 Å². The SMILES string of the molecule is Nc1cc(Cl)cc(-c2ccc(OCc3ccccc3)cc2F)c1. The van der Waals surface area contributed by atoms with Crippen molar-refractivity contribution in [1.29, 1.82) is 0 Å². The molecule has 0 bridgehead atoms. The Labute approximate surface area is 139 Å². The third-order valence-electron chi connectivity index (χ3n) is 3.42. The van der Waals surface area contributed by atoms with Gasteiger partial charge in [-0.2, -0.15) is 0 Å². The van der Waals surface area contributed by atoms with Crippen LogP contribution >= 0.6 is 11.6 Å². The van der Waals surface area contributed by atoms with Crippen molar-refractivity contribution < 1.29 is 9.13 Å². The molecule has 0 aromatic heterocycles. The summed E-state index contributed by atoms with van der Waals surface area (Å²) in [6.45, 7) is 0.393. The van der Waals surface area contributed by atoms with E-state index in [1.54, 1.807) is 30.3 Å². The van der Waals surface area contributed by atoms with E-state index in [0.29, 0.717) is 34.2 Å². The Morgan fingerprint density at radius 1 is 0.957 bits per heavy atom. The quantitative estimate of drug-likeness (QED) is 0.659. The number of rotatable bonds is 4. The highest BCUT2D eigenvalue weighted by Gasteiger charge is 2.08. The Hall–Kier alpha value is -2.52. The van der Waals surface area contributed by atoms with Gasteiger partial charge in [-0.25, -0.2) is 4.39 Å². The average molecular weight is 328 g/mol. The van der Waals surface area contributed by atoms with Gasteiger partial charge >= 0.3 is 0 Å². The predicted octanol–water partition coefficient (Wildman–Crippen LogP) is 5.31. The Kier molecular flexibility index (Phi) is 4.49. The number of benzene rings is 3. The number of nitrogen functional groups attached to an aromatic ring is 1. The zero-order valence-electron chi connectivity index (χ0n) is 12.3. The molecule has 0 radical (unpaired) electrons. The van der Waals surface area contributed by atoms with Crippen LogP contribution in [-0.4, -0.2) is 0 Å². The Balaban J connectivity index is 1.80. The van der Waals surface area contributed by atoms with E-state index in [2.05, 4.69) is 0 Å². The molecule has 0 aliphatic heterocycles. The summed E-state index contributed by atoms with van der Waals surface area (Å²) < 4.78 is 20.0. The minimum Gasteiger partial charge on any atom is -0.489 e. The van der Waals surface area contributed by atoms with Crippen molar-refractivity contribution in [2.45, 2.75) is 6.61 Å². The van der Waals surface area contributed by atoms with Gasteiger partial charge in [0.1, 0.15) is 18.2 Å². The maximum Gasteiger partial charge on any atom is 0.134 e. The number of hydrogen-bond donors (Lipinski definition) is 1. The van der Waals surface area contributed by atoms with Crippen molar-refractivity contribution in [2.75, 3.05) is 5.73 Å². The van der Waals surface area contributed by atoms with Crippen LogP contribution < -0.4 is 10.5 Å². The van der Waals surface area contributed by atoms with Gasteiger partial charge < -0.3 is 10.5 Å². The van der Waals surface area contributed by atoms with E-state index >= 15 is 0 Å². The molecule has 116 valence electrons. The molecule has 0 aliphatic carbocycles. The molecule has 0 saturated heterocycles. The van der Waals surface area contributed by atoms with Crippen LogP contribution in [0.25, 0.3) is 11.1 Å². The summed E-state index contributed by atoms with van der Waals surface area (Å²) in [5, 5.41) is 0.476. The summed E-state index contributed by atoms with van der Waals surface area (Å²) in [7, 11) is 0. The molecule has 0 aliphatic rings. The van der Waals surface area contributed by atoms with Crippen molar-refractivity contribution >= 4 is 17.3 Å². The summed E-state index contributed by atoms with van der Waals surface area (Å²) in [4.78, 5) is 0. The molecule has 0 atom stereocenters. The summed E-state index contributed by atoms with van der Waals surface area (Å²) in [5.74, 6) is 0.0994. The van der Waals surface area contributed by atoms with Gasteiger partial charge in [-0.15, -0.1) is 0 Å². The molecule has 0 saturated carbocycles. The smallest absolute Gasteiger partial charge is 0.134 e. The van der Waals surface area contributed by atoms with Gasteiger partial charge in [0.15, 0.2) is 0 Å². The Morgan fingerprint density at radius 3 is 2.43 bits per heavy atom. The summed E-state index contributed by atoms with van der Waals surface area (Å²) in [6.07, 6.45) is 0. The molecule has 0 amide bonds. The summed E-state index contributed by atoms with van der Waals surface area (Å²) >= 11 is 5.97. The van der Waals surface area contributed by atoms with Gasteiger partial charge in [-0.1, -0.05) is 41.9 Å². The monoisotopic (exact) mass is 327 g/mol. The fourth-order valence-corrected chi connectivity index (χ4v) is 2.57. The van der Waals surface area contributed by atoms with Crippen molar-refractivity contribution in [3.05, 3.63) is 83.1 Å². The second-order valence-corrected chi connectivity index (χ2v) is 5.63. The number of anilines is 1. The molecule has 3 aromatic carbocycles. The van der Waals surface area contributed by atoms with Gasteiger partial charge in [0.2, 0.25) is 0 Å². The maximum atomic E-state index is 14.4. The third kappa shape index (κ3) is 3.82. The van der Waals surface area contributed by atoms with E-state index in [1.165, 1.54) is 6.07 Å². The van der Waals surface area contributed by atoms with Crippen LogP contribution in [0.15, 0.2) is 66.7 Å². The summed E-state index contributed by atoms with van der Waals surface area (Å²) in [5.41, 5.74) is 8.36. The lowest BCUT2D eigenvalue weighted by atomic mass is 10.0. The molecule has 23 heavy (non-hydrogen) atoms. The van der Waals surface area contributed by atoms with Gasteiger partial charge in [-0.05, 0) is 41.5 Å². The molecular weight excluding hydrogens is 313 g/mol. The van der Waals surface area contributed by atoms with Gasteiger partial charge in [0, 0.05) is 22.3 Å². The zero-order chi connectivity index (χ0) is 16.2. The molecule has 4 heteroatoms. The Bertz CT molecular complexity index is 801. The standard InChI is InChI=1S/C19H15ClFNO/c20-15-8-14(9-16(22)10-15)18-7-6-17(11-19(18)21)23-12-13-4-2-1-3-5-13/h1-11H,12,22H2. The van der Waals surface area contributed by atoms with Crippen LogP contribution in [0.5, 0.6) is 5.75 Å². The summed E-state index contributed by atoms with van der Waals surface area (Å²) in [6, 6.07) is 19.5. The normalized spacial score (nSPS) is 10.5. The first-order chi connectivity index (χ1) is 11.1. The van der Waals surface area contributed by atoms with Crippen molar-refractivity contribution in [3.63, 3.8) is 0 Å². The van der Waals surface area contributed by atoms with E-state index in [0.717, 1.165) is 5.56 Å². The van der Waals surface area contributed by atoms with Gasteiger partial charge in [-0.3, -0.25) is 0 Å². The van der Waals surface area contributed by atoms with E-state index in [4.69, 9.17) is 22.1 Å². The molecule has 2 N–H and O–H groups in total. The molecule has 2 nitrogen and oxygen atoms in total. The number of nitrogens with two attached hydrogens (primary N) is 1. The van der Waals surface area contributed by atoms with Crippen molar-refractivity contribution in [1.82, 2.24) is 0 Å². The van der Waals surface area contributed by atoms with E-state index in [-0.39, 0.29) is 5.82 Å². The lowest BCUT2D eigenvalue weighted by Crippen LogP contribution is -1.96. The molecule has 0 heterocycles. The van der Waals surface area contributed by atoms with Crippen molar-refractivity contribution in [2.24, 2.45) is 0 Å². The number of halogens is 2. The first-order valence-corrected chi connectivity index (χ1v) is 7.52. The van der Waals surface area contributed by atoms with Crippen LogP contribution in [0.2, 0.25) is 5.02 Å². The average Bonchev–Trinajstić information content (AvgIpc) is 2.53. The molecule has 0 unspecified atom stereocenters. The number of hydrogen-bond acceptors (Lipinski definition) is 2. The van der Waals surface area contributed by atoms with E-state index in [9.17, 15) is 4.39 Å². The van der Waals surface area contributed by atoms with E-state index in [1.807, 2.05) is 30.3 Å². The predicted molar refractivity (Wildman–Crippen MR) is 92.0 cm³/mol. The van der Waals surface area contributed by atoms with Crippen LogP contribution in [-0.2, 0) is 6.61 Å². The van der Waals surface area contributed by atoms with Gasteiger partial charge in [0.05, 0.1) is 0 Å². The highest BCUT2D eigenvalue weighted by molar-refractivity contribution is 6.31. The van der Waals surface area contributed by atoms with Gasteiger partial charge in [0.25, 0.3) is 0 Å². The second-order valence-electron chi connectivity index (χ2n) is 5.19.